The van der Waals surface area contributed by atoms with Crippen LogP contribution >= 0.6 is 0 Å². The molecule has 0 fully saturated rings. The average molecular weight is 114 g/mol. The molecule has 0 aromatic heterocycles. The van der Waals surface area contributed by atoms with Gasteiger partial charge in [0.1, 0.15) is 0 Å². The molecule has 0 saturated heterocycles. The van der Waals surface area contributed by atoms with Gasteiger partial charge in [-0.25, -0.2) is 0 Å². The zero-order valence-corrected chi connectivity index (χ0v) is 6.26. The molecule has 40 valence electrons. The predicted molar refractivity (Wildman–Crippen MR) is 29.1 cm³/mol. The second-order valence-electron chi connectivity index (χ2n) is 1.10. The number of aliphatic hydroxyl groups excluding tert-OH is 1. The van der Waals surface area contributed by atoms with Crippen LogP contribution in [-0.4, -0.2) is 41.6 Å². The Kier molecular flexibility index (Phi) is 10.2. The van der Waals surface area contributed by atoms with Gasteiger partial charge in [0.15, 0.2) is 6.29 Å². The fraction of sp³-hybridized carbons (Fsp3) is 1.00. The van der Waals surface area contributed by atoms with Gasteiger partial charge >= 0.3 is 0 Å². The van der Waals surface area contributed by atoms with Gasteiger partial charge in [0.05, 0.1) is 0 Å². The maximum absolute atomic E-state index is 8.44. The monoisotopic (exact) mass is 114 g/mol. The summed E-state index contributed by atoms with van der Waals surface area (Å²) in [5.41, 5.74) is 0. The summed E-state index contributed by atoms with van der Waals surface area (Å²) in [4.78, 5) is 0. The van der Waals surface area contributed by atoms with Gasteiger partial charge in [0, 0.05) is 30.2 Å². The third-order valence-electron chi connectivity index (χ3n) is 0.621. The van der Waals surface area contributed by atoms with Gasteiger partial charge in [-0.15, -0.1) is 0 Å². The van der Waals surface area contributed by atoms with Crippen molar-refractivity contribution >= 4 is 23.1 Å². The van der Waals surface area contributed by atoms with E-state index in [2.05, 4.69) is 4.74 Å². The van der Waals surface area contributed by atoms with Crippen molar-refractivity contribution < 1.29 is 9.84 Å². The maximum atomic E-state index is 8.44. The molecule has 0 aromatic rings. The van der Waals surface area contributed by atoms with Crippen LogP contribution in [0.25, 0.3) is 0 Å². The third kappa shape index (κ3) is 6.69. The van der Waals surface area contributed by atoms with Gasteiger partial charge in [0.2, 0.25) is 0 Å². The van der Waals surface area contributed by atoms with Crippen LogP contribution in [-0.2, 0) is 4.74 Å². The Balaban J connectivity index is 0. The van der Waals surface area contributed by atoms with Gasteiger partial charge in [-0.2, -0.15) is 0 Å². The lowest BCUT2D eigenvalue weighted by Gasteiger charge is -2.00. The Morgan fingerprint density at radius 3 is 2.14 bits per heavy atom. The number of ether oxygens (including phenoxy) is 1. The van der Waals surface area contributed by atoms with E-state index in [0.717, 1.165) is 0 Å². The van der Waals surface area contributed by atoms with E-state index in [1.165, 1.54) is 7.11 Å². The summed E-state index contributed by atoms with van der Waals surface area (Å²) in [6.45, 7) is 1.86. The van der Waals surface area contributed by atoms with Crippen molar-refractivity contribution in [3.63, 3.8) is 0 Å². The molecule has 0 aliphatic heterocycles. The molecule has 2 radical (unpaired) electrons. The minimum absolute atomic E-state index is 0. The molecule has 7 heavy (non-hydrogen) atoms. The van der Waals surface area contributed by atoms with Gasteiger partial charge in [-0.3, -0.25) is 0 Å². The zero-order valence-electron chi connectivity index (χ0n) is 4.85. The molecule has 0 rings (SSSR count). The van der Waals surface area contributed by atoms with E-state index in [9.17, 15) is 0 Å². The lowest BCUT2D eigenvalue weighted by atomic mass is 10.5. The van der Waals surface area contributed by atoms with E-state index in [0.29, 0.717) is 6.42 Å². The topological polar surface area (TPSA) is 29.5 Å². The fourth-order valence-corrected chi connectivity index (χ4v) is 0.167. The number of rotatable bonds is 2. The van der Waals surface area contributed by atoms with Crippen molar-refractivity contribution in [2.45, 2.75) is 19.6 Å². The molecule has 2 nitrogen and oxygen atoms in total. The van der Waals surface area contributed by atoms with Crippen LogP contribution in [0.1, 0.15) is 13.3 Å². The first-order chi connectivity index (χ1) is 2.81. The van der Waals surface area contributed by atoms with E-state index in [1.54, 1.807) is 0 Å². The summed E-state index contributed by atoms with van der Waals surface area (Å²) >= 11 is 0. The minimum Gasteiger partial charge on any atom is -0.368 e. The number of hydrogen-bond acceptors (Lipinski definition) is 2. The van der Waals surface area contributed by atoms with E-state index >= 15 is 0 Å². The molecule has 0 amide bonds. The van der Waals surface area contributed by atoms with Crippen molar-refractivity contribution in [3.8, 4) is 0 Å². The fourth-order valence-electron chi connectivity index (χ4n) is 0.167. The van der Waals surface area contributed by atoms with Crippen LogP contribution in [0.3, 0.4) is 0 Å². The van der Waals surface area contributed by atoms with Crippen molar-refractivity contribution in [1.82, 2.24) is 0 Å². The van der Waals surface area contributed by atoms with E-state index in [1.807, 2.05) is 6.92 Å². The largest absolute Gasteiger partial charge is 0.368 e. The Morgan fingerprint density at radius 2 is 2.14 bits per heavy atom. The lowest BCUT2D eigenvalue weighted by Crippen LogP contribution is -2.05. The predicted octanol–water partition coefficient (Wildman–Crippen LogP) is -0.0196. The molecule has 0 aliphatic rings. The first-order valence-electron chi connectivity index (χ1n) is 2.02. The molecule has 0 aromatic carbocycles. The summed E-state index contributed by atoms with van der Waals surface area (Å²) in [5, 5.41) is 8.44. The zero-order chi connectivity index (χ0) is 4.99. The molecule has 1 N–H and O–H groups in total. The van der Waals surface area contributed by atoms with Gasteiger partial charge < -0.3 is 9.84 Å². The first-order valence-corrected chi connectivity index (χ1v) is 2.02. The molecule has 0 heterocycles. The Bertz CT molecular complexity index is 28.9. The summed E-state index contributed by atoms with van der Waals surface area (Å²) < 4.78 is 4.45. The van der Waals surface area contributed by atoms with Crippen molar-refractivity contribution in [2.24, 2.45) is 0 Å². The molecule has 0 aliphatic carbocycles. The standard InChI is InChI=1S/C4H10O2.Mg/c1-3-4(5)6-2;/h4-5H,3H2,1-2H3;. The van der Waals surface area contributed by atoms with Crippen LogP contribution < -0.4 is 0 Å². The van der Waals surface area contributed by atoms with E-state index < -0.39 is 6.29 Å². The molecular weight excluding hydrogens is 104 g/mol. The molecule has 0 bridgehead atoms. The van der Waals surface area contributed by atoms with Crippen LogP contribution in [0, 0.1) is 0 Å². The SMILES string of the molecule is CCC(O)OC.[Mg]. The highest BCUT2D eigenvalue weighted by molar-refractivity contribution is 5.75. The van der Waals surface area contributed by atoms with Crippen LogP contribution in [0.15, 0.2) is 0 Å². The highest BCUT2D eigenvalue weighted by Crippen LogP contribution is 1.85. The van der Waals surface area contributed by atoms with Gasteiger partial charge in [0.25, 0.3) is 0 Å². The van der Waals surface area contributed by atoms with E-state index in [4.69, 9.17) is 5.11 Å². The molecule has 0 saturated carbocycles. The van der Waals surface area contributed by atoms with Crippen LogP contribution in [0.2, 0.25) is 0 Å². The molecule has 0 spiro atoms. The van der Waals surface area contributed by atoms with Crippen LogP contribution in [0.5, 0.6) is 0 Å². The van der Waals surface area contributed by atoms with Gasteiger partial charge in [-0.05, 0) is 6.42 Å². The molecular formula is C4H10MgO2. The van der Waals surface area contributed by atoms with Gasteiger partial charge in [-0.1, -0.05) is 6.92 Å². The normalized spacial score (nSPS) is 12.4. The summed E-state index contributed by atoms with van der Waals surface area (Å²) in [7, 11) is 1.48. The summed E-state index contributed by atoms with van der Waals surface area (Å²) in [6, 6.07) is 0. The summed E-state index contributed by atoms with van der Waals surface area (Å²) in [6.07, 6.45) is 0.0984. The average Bonchev–Trinajstić information content (AvgIpc) is 1.65. The highest BCUT2D eigenvalue weighted by Gasteiger charge is 1.90. The van der Waals surface area contributed by atoms with Crippen LogP contribution in [0.4, 0.5) is 0 Å². The third-order valence-corrected chi connectivity index (χ3v) is 0.621. The highest BCUT2D eigenvalue weighted by atomic mass is 24.3. The Hall–Kier alpha value is 0.686. The van der Waals surface area contributed by atoms with Crippen molar-refractivity contribution in [3.05, 3.63) is 0 Å². The lowest BCUT2D eigenvalue weighted by molar-refractivity contribution is -0.0748. The number of hydrogen-bond donors (Lipinski definition) is 1. The molecule has 1 atom stereocenters. The van der Waals surface area contributed by atoms with Crippen molar-refractivity contribution in [1.29, 1.82) is 0 Å². The quantitative estimate of drug-likeness (QED) is 0.404. The Morgan fingerprint density at radius 1 is 1.71 bits per heavy atom. The number of aliphatic hydroxyl groups is 1. The van der Waals surface area contributed by atoms with Crippen molar-refractivity contribution in [2.75, 3.05) is 7.11 Å². The smallest absolute Gasteiger partial charge is 0.153 e. The maximum Gasteiger partial charge on any atom is 0.153 e. The minimum atomic E-state index is -0.565. The number of methoxy groups -OCH3 is 1. The first kappa shape index (κ1) is 10.6. The molecule has 1 unspecified atom stereocenters. The second kappa shape index (κ2) is 6.69. The molecule has 3 heteroatoms. The Labute approximate surface area is 60.0 Å². The summed E-state index contributed by atoms with van der Waals surface area (Å²) in [5.74, 6) is 0. The second-order valence-corrected chi connectivity index (χ2v) is 1.10. The van der Waals surface area contributed by atoms with E-state index in [-0.39, 0.29) is 23.1 Å².